The van der Waals surface area contributed by atoms with Crippen LogP contribution in [0.3, 0.4) is 0 Å². The van der Waals surface area contributed by atoms with Crippen molar-refractivity contribution in [3.63, 3.8) is 0 Å². The molecule has 4 aliphatic heterocycles. The number of halogens is 2. The molecule has 0 spiro atoms. The van der Waals surface area contributed by atoms with Crippen molar-refractivity contribution >= 4 is 45.3 Å². The number of ether oxygens (including phenoxy) is 4. The highest BCUT2D eigenvalue weighted by Gasteiger charge is 2.54. The molecule has 4 aliphatic rings. The molecule has 2 bridgehead atoms. The van der Waals surface area contributed by atoms with E-state index in [9.17, 15) is 28.3 Å². The number of nitrogens with one attached hydrogen (secondary N) is 1. The van der Waals surface area contributed by atoms with Crippen LogP contribution in [0.4, 0.5) is 4.79 Å². The van der Waals surface area contributed by atoms with Crippen molar-refractivity contribution < 1.29 is 46.8 Å². The Morgan fingerprint density at radius 3 is 2.23 bits per heavy atom. The van der Waals surface area contributed by atoms with E-state index in [0.29, 0.717) is 44.6 Å². The zero-order valence-electron chi connectivity index (χ0n) is 35.1. The molecular weight excluding hydrogens is 884 g/mol. The molecule has 4 aromatic carbocycles. The third kappa shape index (κ3) is 9.59. The van der Waals surface area contributed by atoms with Gasteiger partial charge in [-0.3, -0.25) is 9.69 Å². The molecule has 1 aromatic heterocycles. The number of carbonyl (C=O) groups excluding carboxylic acids is 1. The fraction of sp³-hybridized carbons (Fsp3) is 0.340. The molecule has 0 saturated carbocycles. The number of aliphatic carboxylic acids is 1. The van der Waals surface area contributed by atoms with Gasteiger partial charge >= 0.3 is 12.1 Å². The number of alkyl carbamates (subject to hydrolysis) is 1. The summed E-state index contributed by atoms with van der Waals surface area (Å²) in [6.07, 6.45) is 3.65. The Labute approximate surface area is 381 Å². The van der Waals surface area contributed by atoms with Crippen LogP contribution in [0.25, 0.3) is 0 Å². The Bertz CT molecular complexity index is 2590. The Balaban J connectivity index is 1.03. The summed E-state index contributed by atoms with van der Waals surface area (Å²) < 4.78 is 54.1. The van der Waals surface area contributed by atoms with E-state index >= 15 is 0 Å². The zero-order chi connectivity index (χ0) is 45.1. The molecule has 2 unspecified atom stereocenters. The normalized spacial score (nSPS) is 21.5. The van der Waals surface area contributed by atoms with Crippen LogP contribution >= 0.6 is 23.2 Å². The zero-order valence-corrected chi connectivity index (χ0v) is 37.5. The molecule has 5 atom stereocenters. The van der Waals surface area contributed by atoms with Crippen molar-refractivity contribution in [2.75, 3.05) is 40.4 Å². The second-order valence-electron chi connectivity index (χ2n) is 16.3. The number of methoxy groups -OCH3 is 2. The molecule has 5 heterocycles. The van der Waals surface area contributed by atoms with Gasteiger partial charge in [0.25, 0.3) is 0 Å². The summed E-state index contributed by atoms with van der Waals surface area (Å²) in [5.41, 5.74) is 3.05. The van der Waals surface area contributed by atoms with E-state index in [4.69, 9.17) is 42.1 Å². The number of carbonyl (C=O) groups is 2. The number of sulfonamides is 1. The van der Waals surface area contributed by atoms with E-state index in [1.54, 1.807) is 36.4 Å². The van der Waals surface area contributed by atoms with E-state index in [1.807, 2.05) is 48.5 Å². The number of hydrogen-bond donors (Lipinski definition) is 2. The predicted molar refractivity (Wildman–Crippen MR) is 238 cm³/mol. The summed E-state index contributed by atoms with van der Waals surface area (Å²) in [5.74, 6) is -1.49. The molecule has 0 radical (unpaired) electrons. The SMILES string of the molecule is COc1ccc([C@H](Cc2c(Cl)c[n+]([O-])cc2Cl)C2C(C(=O)O)CN2S(=O)(=O)c2cccc(COc3cccc([C@@H](NC(=O)O[C@H]4CN5CCC4CC5)c4ccccc4)c3)c2)cc1OC. The maximum Gasteiger partial charge on any atom is 0.408 e. The number of nitrogens with zero attached hydrogens (tertiary/aromatic N) is 3. The molecule has 1 amide bonds. The molecule has 4 saturated heterocycles. The van der Waals surface area contributed by atoms with Crippen LogP contribution in [-0.2, 0) is 32.6 Å². The van der Waals surface area contributed by atoms with Gasteiger partial charge in [-0.15, -0.1) is 0 Å². The first-order valence-electron chi connectivity index (χ1n) is 20.9. The average molecular weight is 932 g/mol. The van der Waals surface area contributed by atoms with Gasteiger partial charge in [0.15, 0.2) is 23.9 Å². The minimum atomic E-state index is -4.31. The van der Waals surface area contributed by atoms with Gasteiger partial charge < -0.3 is 34.6 Å². The molecule has 17 heteroatoms. The van der Waals surface area contributed by atoms with Gasteiger partial charge in [0.05, 0.1) is 31.1 Å². The van der Waals surface area contributed by atoms with Gasteiger partial charge in [-0.25, -0.2) is 13.2 Å². The lowest BCUT2D eigenvalue weighted by Crippen LogP contribution is -2.63. The molecule has 9 rings (SSSR count). The summed E-state index contributed by atoms with van der Waals surface area (Å²) in [7, 11) is -1.38. The number of hydrogen-bond acceptors (Lipinski definition) is 10. The fourth-order valence-electron chi connectivity index (χ4n) is 9.13. The Kier molecular flexibility index (Phi) is 13.5. The number of amides is 1. The van der Waals surface area contributed by atoms with Gasteiger partial charge in [0.2, 0.25) is 10.0 Å². The average Bonchev–Trinajstić information content (AvgIpc) is 3.28. The lowest BCUT2D eigenvalue weighted by Gasteiger charge is -2.48. The Morgan fingerprint density at radius 1 is 0.859 bits per heavy atom. The van der Waals surface area contributed by atoms with Gasteiger partial charge in [0.1, 0.15) is 28.5 Å². The number of fused-ring (bicyclic) bond motifs is 3. The minimum Gasteiger partial charge on any atom is -0.619 e. The monoisotopic (exact) mass is 930 g/mol. The number of pyridine rings is 1. The van der Waals surface area contributed by atoms with Gasteiger partial charge in [-0.05, 0) is 96.9 Å². The van der Waals surface area contributed by atoms with E-state index in [0.717, 1.165) is 56.0 Å². The molecule has 5 aromatic rings. The van der Waals surface area contributed by atoms with Crippen LogP contribution in [0.15, 0.2) is 114 Å². The summed E-state index contributed by atoms with van der Waals surface area (Å²) in [4.78, 5) is 28.4. The van der Waals surface area contributed by atoms with Crippen molar-refractivity contribution in [2.45, 2.75) is 54.9 Å². The fourth-order valence-corrected chi connectivity index (χ4v) is 11.5. The predicted octanol–water partition coefficient (Wildman–Crippen LogP) is 7.23. The highest BCUT2D eigenvalue weighted by molar-refractivity contribution is 7.89. The highest BCUT2D eigenvalue weighted by atomic mass is 35.5. The maximum atomic E-state index is 14.6. The van der Waals surface area contributed by atoms with Crippen molar-refractivity contribution in [1.29, 1.82) is 0 Å². The summed E-state index contributed by atoms with van der Waals surface area (Å²) in [5, 5.41) is 25.7. The number of carboxylic acid groups (broad SMARTS) is 1. The molecule has 0 aliphatic carbocycles. The van der Waals surface area contributed by atoms with Crippen molar-refractivity contribution in [3.05, 3.63) is 153 Å². The van der Waals surface area contributed by atoms with Crippen molar-refractivity contribution in [1.82, 2.24) is 14.5 Å². The molecule has 14 nitrogen and oxygen atoms in total. The first-order valence-corrected chi connectivity index (χ1v) is 23.1. The second kappa shape index (κ2) is 19.3. The van der Waals surface area contributed by atoms with Crippen LogP contribution in [0, 0.1) is 17.0 Å². The number of piperidine rings is 3. The first-order chi connectivity index (χ1) is 30.8. The lowest BCUT2D eigenvalue weighted by atomic mass is 9.75. The van der Waals surface area contributed by atoms with Crippen molar-refractivity contribution in [3.8, 4) is 17.2 Å². The third-order valence-electron chi connectivity index (χ3n) is 12.5. The first kappa shape index (κ1) is 45.0. The second-order valence-corrected chi connectivity index (χ2v) is 19.0. The van der Waals surface area contributed by atoms with Gasteiger partial charge in [-0.1, -0.05) is 83.9 Å². The number of carboxylic acids is 1. The molecule has 336 valence electrons. The highest BCUT2D eigenvalue weighted by Crippen LogP contribution is 2.45. The summed E-state index contributed by atoms with van der Waals surface area (Å²) in [6, 6.07) is 26.6. The number of benzene rings is 4. The molecule has 2 N–H and O–H groups in total. The van der Waals surface area contributed by atoms with Gasteiger partial charge in [-0.2, -0.15) is 9.04 Å². The number of aromatic nitrogens is 1. The maximum absolute atomic E-state index is 14.6. The van der Waals surface area contributed by atoms with E-state index in [-0.39, 0.29) is 40.6 Å². The lowest BCUT2D eigenvalue weighted by molar-refractivity contribution is -0.605. The Morgan fingerprint density at radius 2 is 1.56 bits per heavy atom. The van der Waals surface area contributed by atoms with E-state index < -0.39 is 46.0 Å². The van der Waals surface area contributed by atoms with Crippen LogP contribution in [0.1, 0.15) is 52.6 Å². The smallest absolute Gasteiger partial charge is 0.408 e. The number of rotatable bonds is 16. The molecule has 64 heavy (non-hydrogen) atoms. The van der Waals surface area contributed by atoms with Crippen LogP contribution in [0.2, 0.25) is 10.0 Å². The standard InChI is InChI=1S/C47H48Cl2N4O10S/c1-60-41-15-14-32(22-42(41)61-2)36(23-37-39(48)25-52(57)26-40(37)49)45-38(46(54)55)24-53(45)64(58,59)35-13-6-8-29(20-35)28-62-34-12-7-11-33(21-34)44(31-9-4-3-5-10-31)50-47(56)63-43-27-51-18-16-30(43)17-19-51/h3-15,20-22,25-26,30,36,38,43-45H,16-19,23-24,27-28H2,1-2H3,(H,50,56)(H,54,55)/t36-,38?,43-,44-,45?/m0/s1. The van der Waals surface area contributed by atoms with Crippen LogP contribution in [-0.4, -0.2) is 87.3 Å². The topological polar surface area (TPSA) is 171 Å². The molecule has 4 fully saturated rings. The van der Waals surface area contributed by atoms with Crippen LogP contribution in [0.5, 0.6) is 17.2 Å². The Hall–Kier alpha value is -5.58. The summed E-state index contributed by atoms with van der Waals surface area (Å²) >= 11 is 13.1. The van der Waals surface area contributed by atoms with Crippen LogP contribution < -0.4 is 24.3 Å². The largest absolute Gasteiger partial charge is 0.619 e. The minimum absolute atomic E-state index is 0.00196. The third-order valence-corrected chi connectivity index (χ3v) is 15.0. The quantitative estimate of drug-likeness (QED) is 0.0756. The summed E-state index contributed by atoms with van der Waals surface area (Å²) in [6.45, 7) is 2.52. The van der Waals surface area contributed by atoms with E-state index in [1.165, 1.54) is 30.7 Å². The van der Waals surface area contributed by atoms with E-state index in [2.05, 4.69) is 10.2 Å². The van der Waals surface area contributed by atoms with Gasteiger partial charge in [0, 0.05) is 30.6 Å². The van der Waals surface area contributed by atoms with Crippen molar-refractivity contribution in [2.24, 2.45) is 11.8 Å². The molecular formula is C47H48Cl2N4O10S.